The van der Waals surface area contributed by atoms with Crippen molar-refractivity contribution in [3.05, 3.63) is 105 Å². The summed E-state index contributed by atoms with van der Waals surface area (Å²) in [6, 6.07) is 18.6. The van der Waals surface area contributed by atoms with Crippen LogP contribution in [0.1, 0.15) is 43.5 Å². The molecule has 0 aromatic heterocycles. The Bertz CT molecular complexity index is 1140. The van der Waals surface area contributed by atoms with E-state index in [2.05, 4.69) is 5.32 Å². The highest BCUT2D eigenvalue weighted by Crippen LogP contribution is 2.24. The van der Waals surface area contributed by atoms with E-state index in [-0.39, 0.29) is 16.4 Å². The fourth-order valence-corrected chi connectivity index (χ4v) is 3.47. The summed E-state index contributed by atoms with van der Waals surface area (Å²) in [6.45, 7) is 3.41. The van der Waals surface area contributed by atoms with Crippen molar-refractivity contribution in [3.8, 4) is 0 Å². The Labute approximate surface area is 196 Å². The van der Waals surface area contributed by atoms with Crippen LogP contribution in [0.25, 0.3) is 0 Å². The van der Waals surface area contributed by atoms with Crippen molar-refractivity contribution < 1.29 is 19.1 Å². The molecule has 0 heterocycles. The van der Waals surface area contributed by atoms with Gasteiger partial charge >= 0.3 is 5.97 Å². The summed E-state index contributed by atoms with van der Waals surface area (Å²) < 4.78 is 5.50. The van der Waals surface area contributed by atoms with Crippen LogP contribution in [0.15, 0.2) is 66.7 Å². The molecule has 3 aromatic carbocycles. The van der Waals surface area contributed by atoms with Crippen molar-refractivity contribution in [2.45, 2.75) is 20.0 Å². The summed E-state index contributed by atoms with van der Waals surface area (Å²) in [4.78, 5) is 38.0. The molecule has 0 fully saturated rings. The molecule has 3 aromatic rings. The third kappa shape index (κ3) is 5.96. The maximum absolute atomic E-state index is 13.1. The molecule has 1 N–H and O–H groups in total. The summed E-state index contributed by atoms with van der Waals surface area (Å²) in [6.07, 6.45) is -1.14. The number of nitrogens with one attached hydrogen (secondary N) is 1. The third-order valence-electron chi connectivity index (χ3n) is 4.77. The van der Waals surface area contributed by atoms with Gasteiger partial charge in [0.05, 0.1) is 10.6 Å². The topological polar surface area (TPSA) is 72.5 Å². The van der Waals surface area contributed by atoms with Crippen LogP contribution in [-0.2, 0) is 9.53 Å². The normalized spacial score (nSPS) is 11.5. The van der Waals surface area contributed by atoms with Crippen LogP contribution < -0.4 is 5.32 Å². The summed E-state index contributed by atoms with van der Waals surface area (Å²) in [5, 5.41) is 3.01. The molecule has 0 radical (unpaired) electrons. The Kier molecular flexibility index (Phi) is 7.67. The molecule has 0 aliphatic carbocycles. The highest BCUT2D eigenvalue weighted by atomic mass is 35.5. The Morgan fingerprint density at radius 3 is 2.06 bits per heavy atom. The van der Waals surface area contributed by atoms with Crippen LogP contribution in [0.2, 0.25) is 10.0 Å². The van der Waals surface area contributed by atoms with E-state index in [9.17, 15) is 14.4 Å². The first-order valence-corrected chi connectivity index (χ1v) is 10.6. The molecular weight excluding hydrogens is 449 g/mol. The predicted molar refractivity (Wildman–Crippen MR) is 124 cm³/mol. The van der Waals surface area contributed by atoms with Gasteiger partial charge in [0.2, 0.25) is 5.78 Å². The lowest BCUT2D eigenvalue weighted by Crippen LogP contribution is -2.32. The summed E-state index contributed by atoms with van der Waals surface area (Å²) in [5.41, 5.74) is 3.16. The van der Waals surface area contributed by atoms with E-state index in [1.54, 1.807) is 24.3 Å². The SMILES string of the molecule is Cc1ccc(C(=O)[C@H](OC(=O)CNC(=O)c2ccc(Cl)cc2Cl)c2ccc(C)cc2)cc1. The van der Waals surface area contributed by atoms with Crippen LogP contribution >= 0.6 is 23.2 Å². The molecule has 1 amide bonds. The molecule has 1 atom stereocenters. The van der Waals surface area contributed by atoms with Gasteiger partial charge in [0.15, 0.2) is 6.10 Å². The number of benzene rings is 3. The minimum atomic E-state index is -1.14. The largest absolute Gasteiger partial charge is 0.448 e. The highest BCUT2D eigenvalue weighted by Gasteiger charge is 2.26. The van der Waals surface area contributed by atoms with E-state index in [0.717, 1.165) is 11.1 Å². The monoisotopic (exact) mass is 469 g/mol. The molecule has 0 aliphatic rings. The van der Waals surface area contributed by atoms with Gasteiger partial charge < -0.3 is 10.1 Å². The molecule has 7 heteroatoms. The number of rotatable bonds is 7. The second-order valence-corrected chi connectivity index (χ2v) is 8.16. The van der Waals surface area contributed by atoms with E-state index in [4.69, 9.17) is 27.9 Å². The first-order valence-electron chi connectivity index (χ1n) is 9.85. The fraction of sp³-hybridized carbons (Fsp3) is 0.160. The zero-order chi connectivity index (χ0) is 23.3. The number of carbonyl (C=O) groups excluding carboxylic acids is 3. The Morgan fingerprint density at radius 1 is 0.875 bits per heavy atom. The van der Waals surface area contributed by atoms with Gasteiger partial charge in [-0.25, -0.2) is 0 Å². The summed E-state index contributed by atoms with van der Waals surface area (Å²) >= 11 is 11.9. The number of hydrogen-bond donors (Lipinski definition) is 1. The van der Waals surface area contributed by atoms with Crippen molar-refractivity contribution >= 4 is 40.9 Å². The highest BCUT2D eigenvalue weighted by molar-refractivity contribution is 6.36. The number of hydrogen-bond acceptors (Lipinski definition) is 4. The van der Waals surface area contributed by atoms with E-state index in [1.165, 1.54) is 18.2 Å². The zero-order valence-electron chi connectivity index (χ0n) is 17.5. The molecule has 5 nitrogen and oxygen atoms in total. The lowest BCUT2D eigenvalue weighted by atomic mass is 9.98. The fourth-order valence-electron chi connectivity index (χ4n) is 2.98. The number of Topliss-reactive ketones (excluding diaryl/α,β-unsaturated/α-hetero) is 1. The van der Waals surface area contributed by atoms with E-state index in [0.29, 0.717) is 16.1 Å². The minimum Gasteiger partial charge on any atom is -0.448 e. The van der Waals surface area contributed by atoms with Gasteiger partial charge in [0, 0.05) is 16.1 Å². The molecule has 0 spiro atoms. The summed E-state index contributed by atoms with van der Waals surface area (Å²) in [5.74, 6) is -1.66. The number of carbonyl (C=O) groups is 3. The van der Waals surface area contributed by atoms with Crippen molar-refractivity contribution in [2.75, 3.05) is 6.54 Å². The summed E-state index contributed by atoms with van der Waals surface area (Å²) in [7, 11) is 0. The van der Waals surface area contributed by atoms with Gasteiger partial charge in [-0.05, 0) is 32.0 Å². The zero-order valence-corrected chi connectivity index (χ0v) is 19.0. The molecule has 3 rings (SSSR count). The second-order valence-electron chi connectivity index (χ2n) is 7.32. The first kappa shape index (κ1) is 23.5. The molecule has 0 aliphatic heterocycles. The molecule has 164 valence electrons. The number of amides is 1. The average Bonchev–Trinajstić information content (AvgIpc) is 2.76. The van der Waals surface area contributed by atoms with Crippen molar-refractivity contribution in [1.82, 2.24) is 5.32 Å². The lowest BCUT2D eigenvalue weighted by Gasteiger charge is -2.18. The van der Waals surface area contributed by atoms with E-state index in [1.807, 2.05) is 38.1 Å². The lowest BCUT2D eigenvalue weighted by molar-refractivity contribution is -0.146. The number of ether oxygens (including phenoxy) is 1. The molecule has 0 saturated carbocycles. The number of aryl methyl sites for hydroxylation is 2. The van der Waals surface area contributed by atoms with Crippen molar-refractivity contribution in [2.24, 2.45) is 0 Å². The van der Waals surface area contributed by atoms with Crippen LogP contribution in [0.5, 0.6) is 0 Å². The average molecular weight is 470 g/mol. The number of ketones is 1. The van der Waals surface area contributed by atoms with Gasteiger partial charge in [-0.1, -0.05) is 82.9 Å². The van der Waals surface area contributed by atoms with Crippen molar-refractivity contribution in [3.63, 3.8) is 0 Å². The molecule has 0 bridgehead atoms. The number of halogens is 2. The predicted octanol–water partition coefficient (Wildman–Crippen LogP) is 5.51. The maximum Gasteiger partial charge on any atom is 0.326 e. The van der Waals surface area contributed by atoms with Crippen molar-refractivity contribution in [1.29, 1.82) is 0 Å². The van der Waals surface area contributed by atoms with Gasteiger partial charge in [-0.2, -0.15) is 0 Å². The smallest absolute Gasteiger partial charge is 0.326 e. The maximum atomic E-state index is 13.1. The van der Waals surface area contributed by atoms with Crippen LogP contribution in [0.4, 0.5) is 0 Å². The molecule has 0 saturated heterocycles. The standard InChI is InChI=1S/C25H21Cl2NO4/c1-15-3-7-17(8-4-15)23(30)24(18-9-5-16(2)6-10-18)32-22(29)14-28-25(31)20-12-11-19(26)13-21(20)27/h3-13,24H,14H2,1-2H3,(H,28,31)/t24-/m1/s1. The van der Waals surface area contributed by atoms with Crippen LogP contribution in [-0.4, -0.2) is 24.2 Å². The Morgan fingerprint density at radius 2 is 1.47 bits per heavy atom. The molecular formula is C25H21Cl2NO4. The molecule has 32 heavy (non-hydrogen) atoms. The van der Waals surface area contributed by atoms with Gasteiger partial charge in [-0.15, -0.1) is 0 Å². The minimum absolute atomic E-state index is 0.162. The first-order chi connectivity index (χ1) is 15.2. The van der Waals surface area contributed by atoms with Gasteiger partial charge in [0.1, 0.15) is 6.54 Å². The van der Waals surface area contributed by atoms with E-state index < -0.39 is 24.5 Å². The Hall–Kier alpha value is -3.15. The number of esters is 1. The van der Waals surface area contributed by atoms with Gasteiger partial charge in [0.25, 0.3) is 5.91 Å². The van der Waals surface area contributed by atoms with Crippen LogP contribution in [0, 0.1) is 13.8 Å². The Balaban J connectivity index is 1.74. The van der Waals surface area contributed by atoms with Crippen LogP contribution in [0.3, 0.4) is 0 Å². The van der Waals surface area contributed by atoms with E-state index >= 15 is 0 Å². The second kappa shape index (κ2) is 10.4. The molecule has 0 unspecified atom stereocenters. The van der Waals surface area contributed by atoms with Gasteiger partial charge in [-0.3, -0.25) is 14.4 Å². The third-order valence-corrected chi connectivity index (χ3v) is 5.32. The quantitative estimate of drug-likeness (QED) is 0.365.